The van der Waals surface area contributed by atoms with Gasteiger partial charge in [-0.1, -0.05) is 32.0 Å². The van der Waals surface area contributed by atoms with Crippen molar-refractivity contribution >= 4 is 17.5 Å². The molecule has 0 aliphatic rings. The van der Waals surface area contributed by atoms with Gasteiger partial charge in [0.2, 0.25) is 0 Å². The van der Waals surface area contributed by atoms with E-state index < -0.39 is 0 Å². The van der Waals surface area contributed by atoms with Gasteiger partial charge < -0.3 is 20.1 Å². The molecule has 0 unspecified atom stereocenters. The highest BCUT2D eigenvalue weighted by molar-refractivity contribution is 6.04. The molecule has 7 nitrogen and oxygen atoms in total. The molecule has 0 aliphatic carbocycles. The summed E-state index contributed by atoms with van der Waals surface area (Å²) in [5.41, 5.74) is 2.24. The van der Waals surface area contributed by atoms with Crippen LogP contribution in [0.3, 0.4) is 0 Å². The van der Waals surface area contributed by atoms with Crippen molar-refractivity contribution in [2.45, 2.75) is 19.3 Å². The summed E-state index contributed by atoms with van der Waals surface area (Å²) >= 11 is 0. The first-order valence-corrected chi connectivity index (χ1v) is 10.2. The normalized spacial score (nSPS) is 10.9. The van der Waals surface area contributed by atoms with E-state index in [2.05, 4.69) is 15.6 Å². The summed E-state index contributed by atoms with van der Waals surface area (Å²) in [5.74, 6) is 0.592. The Morgan fingerprint density at radius 2 is 1.62 bits per heavy atom. The SMILES string of the molecule is COc1ccc(C(=O)Nc2ccc(C(C)(C)CNC(=O)c3ccccn3)cc2)cc1OC. The van der Waals surface area contributed by atoms with Crippen molar-refractivity contribution < 1.29 is 19.1 Å². The van der Waals surface area contributed by atoms with Crippen LogP contribution < -0.4 is 20.1 Å². The van der Waals surface area contributed by atoms with Gasteiger partial charge in [0.05, 0.1) is 14.2 Å². The lowest BCUT2D eigenvalue weighted by Crippen LogP contribution is -2.37. The zero-order valence-corrected chi connectivity index (χ0v) is 18.6. The second-order valence-electron chi connectivity index (χ2n) is 7.88. The van der Waals surface area contributed by atoms with Crippen LogP contribution in [0.5, 0.6) is 11.5 Å². The number of hydrogen-bond acceptors (Lipinski definition) is 5. The van der Waals surface area contributed by atoms with E-state index in [9.17, 15) is 9.59 Å². The minimum Gasteiger partial charge on any atom is -0.493 e. The van der Waals surface area contributed by atoms with Gasteiger partial charge in [0.15, 0.2) is 11.5 Å². The van der Waals surface area contributed by atoms with Gasteiger partial charge in [-0.15, -0.1) is 0 Å². The highest BCUT2D eigenvalue weighted by Gasteiger charge is 2.22. The molecule has 1 heterocycles. The number of nitrogens with one attached hydrogen (secondary N) is 2. The van der Waals surface area contributed by atoms with Crippen molar-refractivity contribution in [3.63, 3.8) is 0 Å². The summed E-state index contributed by atoms with van der Waals surface area (Å²) in [6, 6.07) is 17.8. The molecule has 3 aromatic rings. The zero-order valence-electron chi connectivity index (χ0n) is 18.6. The van der Waals surface area contributed by atoms with Crippen LogP contribution in [-0.4, -0.2) is 37.6 Å². The van der Waals surface area contributed by atoms with Gasteiger partial charge >= 0.3 is 0 Å². The monoisotopic (exact) mass is 433 g/mol. The van der Waals surface area contributed by atoms with Gasteiger partial charge in [-0.25, -0.2) is 0 Å². The second-order valence-corrected chi connectivity index (χ2v) is 7.88. The number of methoxy groups -OCH3 is 2. The van der Waals surface area contributed by atoms with Gasteiger partial charge in [-0.3, -0.25) is 14.6 Å². The van der Waals surface area contributed by atoms with Crippen LogP contribution in [0.4, 0.5) is 5.69 Å². The lowest BCUT2D eigenvalue weighted by atomic mass is 9.84. The molecule has 0 saturated heterocycles. The topological polar surface area (TPSA) is 89.6 Å². The molecule has 32 heavy (non-hydrogen) atoms. The van der Waals surface area contributed by atoms with Crippen LogP contribution in [-0.2, 0) is 5.41 Å². The van der Waals surface area contributed by atoms with Gasteiger partial charge in [0, 0.05) is 29.4 Å². The summed E-state index contributed by atoms with van der Waals surface area (Å²) in [4.78, 5) is 29.0. The third-order valence-corrected chi connectivity index (χ3v) is 5.16. The molecule has 2 aromatic carbocycles. The van der Waals surface area contributed by atoms with Crippen molar-refractivity contribution in [2.24, 2.45) is 0 Å². The van der Waals surface area contributed by atoms with Crippen molar-refractivity contribution in [2.75, 3.05) is 26.1 Å². The van der Waals surface area contributed by atoms with E-state index in [0.29, 0.717) is 35.0 Å². The van der Waals surface area contributed by atoms with Crippen LogP contribution in [0.15, 0.2) is 66.9 Å². The molecule has 0 saturated carbocycles. The molecule has 7 heteroatoms. The van der Waals surface area contributed by atoms with Crippen LogP contribution in [0.1, 0.15) is 40.3 Å². The molecule has 0 atom stereocenters. The predicted molar refractivity (Wildman–Crippen MR) is 124 cm³/mol. The maximum absolute atomic E-state index is 12.6. The fourth-order valence-electron chi connectivity index (χ4n) is 3.18. The maximum Gasteiger partial charge on any atom is 0.269 e. The summed E-state index contributed by atoms with van der Waals surface area (Å²) < 4.78 is 10.5. The third-order valence-electron chi connectivity index (χ3n) is 5.16. The molecule has 0 spiro atoms. The number of ether oxygens (including phenoxy) is 2. The summed E-state index contributed by atoms with van der Waals surface area (Å²) in [6.45, 7) is 4.53. The maximum atomic E-state index is 12.6. The van der Waals surface area contributed by atoms with Gasteiger partial charge in [-0.05, 0) is 48.0 Å². The van der Waals surface area contributed by atoms with Crippen LogP contribution in [0, 0.1) is 0 Å². The van der Waals surface area contributed by atoms with E-state index in [0.717, 1.165) is 5.56 Å². The van der Waals surface area contributed by atoms with E-state index in [-0.39, 0.29) is 17.2 Å². The Labute approximate surface area is 187 Å². The summed E-state index contributed by atoms with van der Waals surface area (Å²) in [5, 5.41) is 5.82. The zero-order chi connectivity index (χ0) is 23.1. The average molecular weight is 434 g/mol. The number of benzene rings is 2. The number of carbonyl (C=O) groups excluding carboxylic acids is 2. The smallest absolute Gasteiger partial charge is 0.269 e. The standard InChI is InChI=1S/C25H27N3O4/c1-25(2,16-27-24(30)20-7-5-6-14-26-20)18-9-11-19(12-10-18)28-23(29)17-8-13-21(31-3)22(15-17)32-4/h5-15H,16H2,1-4H3,(H,27,30)(H,28,29). The lowest BCUT2D eigenvalue weighted by Gasteiger charge is -2.26. The van der Waals surface area contributed by atoms with E-state index in [4.69, 9.17) is 9.47 Å². The highest BCUT2D eigenvalue weighted by Crippen LogP contribution is 2.28. The van der Waals surface area contributed by atoms with Crippen LogP contribution in [0.25, 0.3) is 0 Å². The number of rotatable bonds is 8. The molecule has 1 aromatic heterocycles. The van der Waals surface area contributed by atoms with E-state index in [1.807, 2.05) is 38.1 Å². The molecule has 2 amide bonds. The fourth-order valence-corrected chi connectivity index (χ4v) is 3.18. The van der Waals surface area contributed by atoms with E-state index >= 15 is 0 Å². The van der Waals surface area contributed by atoms with Crippen LogP contribution in [0.2, 0.25) is 0 Å². The molecular weight excluding hydrogens is 406 g/mol. The first-order chi connectivity index (χ1) is 15.3. The van der Waals surface area contributed by atoms with Crippen LogP contribution >= 0.6 is 0 Å². The number of hydrogen-bond donors (Lipinski definition) is 2. The summed E-state index contributed by atoms with van der Waals surface area (Å²) in [6.07, 6.45) is 1.59. The van der Waals surface area contributed by atoms with Crippen molar-refractivity contribution in [1.82, 2.24) is 10.3 Å². The Morgan fingerprint density at radius 3 is 2.25 bits per heavy atom. The van der Waals surface area contributed by atoms with Gasteiger partial charge in [0.1, 0.15) is 5.69 Å². The number of pyridine rings is 1. The average Bonchev–Trinajstić information content (AvgIpc) is 2.83. The molecular formula is C25H27N3O4. The molecule has 3 rings (SSSR count). The Morgan fingerprint density at radius 1 is 0.906 bits per heavy atom. The minimum absolute atomic E-state index is 0.211. The number of anilines is 1. The molecule has 0 aliphatic heterocycles. The Kier molecular flexibility index (Phi) is 7.10. The first kappa shape index (κ1) is 22.8. The van der Waals surface area contributed by atoms with Crippen molar-refractivity contribution in [1.29, 1.82) is 0 Å². The molecule has 0 radical (unpaired) electrons. The van der Waals surface area contributed by atoms with E-state index in [1.165, 1.54) is 7.11 Å². The largest absolute Gasteiger partial charge is 0.493 e. The molecule has 0 fully saturated rings. The van der Waals surface area contributed by atoms with Crippen molar-refractivity contribution in [3.8, 4) is 11.5 Å². The van der Waals surface area contributed by atoms with Gasteiger partial charge in [0.25, 0.3) is 11.8 Å². The molecule has 2 N–H and O–H groups in total. The minimum atomic E-state index is -0.309. The fraction of sp³-hybridized carbons (Fsp3) is 0.240. The lowest BCUT2D eigenvalue weighted by molar-refractivity contribution is 0.0940. The third kappa shape index (κ3) is 5.43. The molecule has 0 bridgehead atoms. The Bertz CT molecular complexity index is 1080. The van der Waals surface area contributed by atoms with E-state index in [1.54, 1.807) is 49.7 Å². The Hall–Kier alpha value is -3.87. The molecule has 166 valence electrons. The van der Waals surface area contributed by atoms with Crippen molar-refractivity contribution in [3.05, 3.63) is 83.7 Å². The number of nitrogens with zero attached hydrogens (tertiary/aromatic N) is 1. The second kappa shape index (κ2) is 9.96. The summed E-state index contributed by atoms with van der Waals surface area (Å²) in [7, 11) is 3.07. The number of carbonyl (C=O) groups is 2. The highest BCUT2D eigenvalue weighted by atomic mass is 16.5. The quantitative estimate of drug-likeness (QED) is 0.559. The predicted octanol–water partition coefficient (Wildman–Crippen LogP) is 4.06. The number of amides is 2. The Balaban J connectivity index is 1.63. The van der Waals surface area contributed by atoms with Gasteiger partial charge in [-0.2, -0.15) is 0 Å². The number of aromatic nitrogens is 1. The first-order valence-electron chi connectivity index (χ1n) is 10.2.